The summed E-state index contributed by atoms with van der Waals surface area (Å²) in [6, 6.07) is 8.87. The van der Waals surface area contributed by atoms with E-state index in [4.69, 9.17) is 5.73 Å². The van der Waals surface area contributed by atoms with Crippen LogP contribution in [0.1, 0.15) is 39.7 Å². The summed E-state index contributed by atoms with van der Waals surface area (Å²) in [5, 5.41) is 0. The van der Waals surface area contributed by atoms with Crippen LogP contribution in [0.3, 0.4) is 0 Å². The highest BCUT2D eigenvalue weighted by molar-refractivity contribution is 5.47. The lowest BCUT2D eigenvalue weighted by molar-refractivity contribution is 0.477. The quantitative estimate of drug-likeness (QED) is 0.819. The molecule has 0 saturated carbocycles. The molecule has 0 aliphatic heterocycles. The molecule has 96 valence electrons. The molecule has 0 radical (unpaired) electrons. The van der Waals surface area contributed by atoms with Crippen LogP contribution in [0.2, 0.25) is 0 Å². The van der Waals surface area contributed by atoms with E-state index >= 15 is 0 Å². The Morgan fingerprint density at radius 3 is 2.00 bits per heavy atom. The average Bonchev–Trinajstić information content (AvgIpc) is 2.29. The van der Waals surface area contributed by atoms with Crippen LogP contribution in [-0.2, 0) is 6.42 Å². The van der Waals surface area contributed by atoms with Gasteiger partial charge in [0.05, 0.1) is 0 Å². The topological polar surface area (TPSA) is 29.3 Å². The SMILES string of the molecule is CCN(CC)c1ccc(CCC(C)(C)N)cc1. The van der Waals surface area contributed by atoms with E-state index < -0.39 is 0 Å². The van der Waals surface area contributed by atoms with Crippen molar-refractivity contribution in [3.05, 3.63) is 29.8 Å². The lowest BCUT2D eigenvalue weighted by Crippen LogP contribution is -2.32. The van der Waals surface area contributed by atoms with Crippen molar-refractivity contribution in [2.75, 3.05) is 18.0 Å². The molecule has 2 nitrogen and oxygen atoms in total. The third-order valence-electron chi connectivity index (χ3n) is 3.12. The molecule has 1 rings (SSSR count). The number of rotatable bonds is 6. The molecule has 0 spiro atoms. The second kappa shape index (κ2) is 6.06. The van der Waals surface area contributed by atoms with Crippen LogP contribution >= 0.6 is 0 Å². The Balaban J connectivity index is 2.62. The van der Waals surface area contributed by atoms with Gasteiger partial charge in [-0.25, -0.2) is 0 Å². The smallest absolute Gasteiger partial charge is 0.0366 e. The highest BCUT2D eigenvalue weighted by atomic mass is 15.1. The van der Waals surface area contributed by atoms with E-state index in [2.05, 4.69) is 56.9 Å². The van der Waals surface area contributed by atoms with Crippen molar-refractivity contribution in [3.63, 3.8) is 0 Å². The van der Waals surface area contributed by atoms with Crippen molar-refractivity contribution in [1.82, 2.24) is 0 Å². The molecule has 0 atom stereocenters. The molecule has 0 saturated heterocycles. The Morgan fingerprint density at radius 2 is 1.59 bits per heavy atom. The fourth-order valence-electron chi connectivity index (χ4n) is 1.93. The van der Waals surface area contributed by atoms with Gasteiger partial charge in [-0.1, -0.05) is 12.1 Å². The van der Waals surface area contributed by atoms with Crippen molar-refractivity contribution in [2.45, 2.75) is 46.1 Å². The van der Waals surface area contributed by atoms with E-state index in [0.717, 1.165) is 25.9 Å². The van der Waals surface area contributed by atoms with Crippen molar-refractivity contribution in [3.8, 4) is 0 Å². The van der Waals surface area contributed by atoms with Gasteiger partial charge in [0.25, 0.3) is 0 Å². The number of nitrogens with zero attached hydrogens (tertiary/aromatic N) is 1. The van der Waals surface area contributed by atoms with Crippen LogP contribution in [0, 0.1) is 0 Å². The summed E-state index contributed by atoms with van der Waals surface area (Å²) in [5.74, 6) is 0. The maximum atomic E-state index is 6.00. The van der Waals surface area contributed by atoms with Crippen LogP contribution in [0.25, 0.3) is 0 Å². The molecule has 2 heteroatoms. The zero-order valence-corrected chi connectivity index (χ0v) is 11.7. The maximum absolute atomic E-state index is 6.00. The van der Waals surface area contributed by atoms with E-state index in [1.165, 1.54) is 11.3 Å². The van der Waals surface area contributed by atoms with Crippen molar-refractivity contribution < 1.29 is 0 Å². The fourth-order valence-corrected chi connectivity index (χ4v) is 1.93. The van der Waals surface area contributed by atoms with Crippen LogP contribution in [0.4, 0.5) is 5.69 Å². The van der Waals surface area contributed by atoms with E-state index in [1.54, 1.807) is 0 Å². The van der Waals surface area contributed by atoms with E-state index in [-0.39, 0.29) is 5.54 Å². The molecule has 0 unspecified atom stereocenters. The molecule has 17 heavy (non-hydrogen) atoms. The Kier molecular flexibility index (Phi) is 5.01. The standard InChI is InChI=1S/C15H26N2/c1-5-17(6-2)14-9-7-13(8-10-14)11-12-15(3,4)16/h7-10H,5-6,11-12,16H2,1-4H3. The number of benzene rings is 1. The van der Waals surface area contributed by atoms with E-state index in [1.807, 2.05) is 0 Å². The first-order valence-corrected chi connectivity index (χ1v) is 6.59. The predicted octanol–water partition coefficient (Wildman–Crippen LogP) is 3.20. The van der Waals surface area contributed by atoms with Crippen LogP contribution in [0.15, 0.2) is 24.3 Å². The monoisotopic (exact) mass is 234 g/mol. The van der Waals surface area contributed by atoms with Gasteiger partial charge in [0.2, 0.25) is 0 Å². The maximum Gasteiger partial charge on any atom is 0.0366 e. The summed E-state index contributed by atoms with van der Waals surface area (Å²) in [6.07, 6.45) is 2.08. The Labute approximate surface area is 106 Å². The second-order valence-corrected chi connectivity index (χ2v) is 5.33. The van der Waals surface area contributed by atoms with Crippen molar-refractivity contribution in [1.29, 1.82) is 0 Å². The molecule has 1 aromatic rings. The summed E-state index contributed by atoms with van der Waals surface area (Å²) in [6.45, 7) is 10.7. The highest BCUT2D eigenvalue weighted by Gasteiger charge is 2.10. The number of hydrogen-bond acceptors (Lipinski definition) is 2. The molecule has 2 N–H and O–H groups in total. The molecule has 0 aromatic heterocycles. The molecule has 0 aliphatic rings. The first-order valence-electron chi connectivity index (χ1n) is 6.59. The van der Waals surface area contributed by atoms with Gasteiger partial charge in [0, 0.05) is 24.3 Å². The van der Waals surface area contributed by atoms with Gasteiger partial charge in [-0.15, -0.1) is 0 Å². The molecule has 0 fully saturated rings. The third kappa shape index (κ3) is 4.78. The Morgan fingerprint density at radius 1 is 1.06 bits per heavy atom. The zero-order chi connectivity index (χ0) is 12.9. The van der Waals surface area contributed by atoms with Crippen LogP contribution < -0.4 is 10.6 Å². The highest BCUT2D eigenvalue weighted by Crippen LogP contribution is 2.17. The first kappa shape index (κ1) is 14.0. The molecule has 1 aromatic carbocycles. The number of anilines is 1. The van der Waals surface area contributed by atoms with E-state index in [0.29, 0.717) is 0 Å². The van der Waals surface area contributed by atoms with Gasteiger partial charge in [0.1, 0.15) is 0 Å². The van der Waals surface area contributed by atoms with Crippen molar-refractivity contribution in [2.24, 2.45) is 5.73 Å². The molecule has 0 amide bonds. The number of nitrogens with two attached hydrogens (primary N) is 1. The van der Waals surface area contributed by atoms with Gasteiger partial charge < -0.3 is 10.6 Å². The van der Waals surface area contributed by atoms with Gasteiger partial charge in [-0.3, -0.25) is 0 Å². The summed E-state index contributed by atoms with van der Waals surface area (Å²) in [4.78, 5) is 2.36. The van der Waals surface area contributed by atoms with Crippen LogP contribution in [0.5, 0.6) is 0 Å². The van der Waals surface area contributed by atoms with Gasteiger partial charge >= 0.3 is 0 Å². The van der Waals surface area contributed by atoms with Gasteiger partial charge in [-0.2, -0.15) is 0 Å². The third-order valence-corrected chi connectivity index (χ3v) is 3.12. The van der Waals surface area contributed by atoms with Crippen molar-refractivity contribution >= 4 is 5.69 Å². The lowest BCUT2D eigenvalue weighted by atomic mass is 9.96. The Hall–Kier alpha value is -1.02. The molecule has 0 bridgehead atoms. The van der Waals surface area contributed by atoms with Crippen LogP contribution in [-0.4, -0.2) is 18.6 Å². The second-order valence-electron chi connectivity index (χ2n) is 5.33. The molecule has 0 aliphatic carbocycles. The molecular weight excluding hydrogens is 208 g/mol. The first-order chi connectivity index (χ1) is 7.96. The summed E-state index contributed by atoms with van der Waals surface area (Å²) < 4.78 is 0. The minimum Gasteiger partial charge on any atom is -0.372 e. The van der Waals surface area contributed by atoms with Gasteiger partial charge in [-0.05, 0) is 58.2 Å². The minimum atomic E-state index is -0.0719. The summed E-state index contributed by atoms with van der Waals surface area (Å²) in [5.41, 5.74) is 8.61. The minimum absolute atomic E-state index is 0.0719. The Bertz CT molecular complexity index is 318. The van der Waals surface area contributed by atoms with Gasteiger partial charge in [0.15, 0.2) is 0 Å². The summed E-state index contributed by atoms with van der Waals surface area (Å²) in [7, 11) is 0. The predicted molar refractivity (Wildman–Crippen MR) is 76.6 cm³/mol. The lowest BCUT2D eigenvalue weighted by Gasteiger charge is -2.22. The zero-order valence-electron chi connectivity index (χ0n) is 11.7. The molecule has 0 heterocycles. The molecular formula is C15H26N2. The largest absolute Gasteiger partial charge is 0.372 e. The normalized spacial score (nSPS) is 11.6. The van der Waals surface area contributed by atoms with E-state index in [9.17, 15) is 0 Å². The number of hydrogen-bond donors (Lipinski definition) is 1. The number of aryl methyl sites for hydroxylation is 1. The fraction of sp³-hybridized carbons (Fsp3) is 0.600. The summed E-state index contributed by atoms with van der Waals surface area (Å²) >= 11 is 0. The average molecular weight is 234 g/mol.